The summed E-state index contributed by atoms with van der Waals surface area (Å²) in [6, 6.07) is 10.0. The van der Waals surface area contributed by atoms with Gasteiger partial charge in [-0.15, -0.1) is 0 Å². The molecule has 118 valence electrons. The summed E-state index contributed by atoms with van der Waals surface area (Å²) in [4.78, 5) is 21.6. The molecule has 1 aromatic carbocycles. The molecule has 0 saturated carbocycles. The zero-order valence-electron chi connectivity index (χ0n) is 12.9. The number of aryl methyl sites for hydroxylation is 3. The molecule has 1 N–H and O–H groups in total. The summed E-state index contributed by atoms with van der Waals surface area (Å²) in [6.07, 6.45) is 0.698. The van der Waals surface area contributed by atoms with Gasteiger partial charge in [-0.25, -0.2) is 4.98 Å². The molecule has 0 aliphatic carbocycles. The van der Waals surface area contributed by atoms with Crippen LogP contribution in [-0.4, -0.2) is 21.0 Å². The lowest BCUT2D eigenvalue weighted by atomic mass is 10.2. The standard InChI is InChI=1S/C16H16N4O2S/c1-10-15(12-6-4-3-5-7-12)23-16(17-10)19-13(21)8-9-14-18-11(2)20-22-14/h3-7H,8-9H2,1-2H3,(H,17,19,21). The first-order valence-corrected chi connectivity index (χ1v) is 8.05. The van der Waals surface area contributed by atoms with Gasteiger partial charge in [0.25, 0.3) is 0 Å². The highest BCUT2D eigenvalue weighted by atomic mass is 32.1. The molecule has 6 nitrogen and oxygen atoms in total. The van der Waals surface area contributed by atoms with Gasteiger partial charge in [-0.05, 0) is 19.4 Å². The van der Waals surface area contributed by atoms with Gasteiger partial charge in [0, 0.05) is 12.8 Å². The molecule has 23 heavy (non-hydrogen) atoms. The van der Waals surface area contributed by atoms with Crippen LogP contribution in [0, 0.1) is 13.8 Å². The molecule has 1 amide bonds. The maximum atomic E-state index is 12.0. The van der Waals surface area contributed by atoms with E-state index >= 15 is 0 Å². The Balaban J connectivity index is 1.63. The summed E-state index contributed by atoms with van der Waals surface area (Å²) in [7, 11) is 0. The van der Waals surface area contributed by atoms with Crippen LogP contribution in [0.2, 0.25) is 0 Å². The number of amides is 1. The van der Waals surface area contributed by atoms with Gasteiger partial charge < -0.3 is 9.84 Å². The largest absolute Gasteiger partial charge is 0.339 e. The van der Waals surface area contributed by atoms with E-state index < -0.39 is 0 Å². The van der Waals surface area contributed by atoms with Crippen LogP contribution < -0.4 is 5.32 Å². The summed E-state index contributed by atoms with van der Waals surface area (Å²) in [5, 5.41) is 7.13. The van der Waals surface area contributed by atoms with Crippen LogP contribution in [0.3, 0.4) is 0 Å². The van der Waals surface area contributed by atoms with Crippen molar-refractivity contribution in [1.82, 2.24) is 15.1 Å². The number of thiazole rings is 1. The maximum Gasteiger partial charge on any atom is 0.227 e. The maximum absolute atomic E-state index is 12.0. The number of hydrogen-bond acceptors (Lipinski definition) is 6. The number of rotatable bonds is 5. The average molecular weight is 328 g/mol. The third-order valence-corrected chi connectivity index (χ3v) is 4.34. The van der Waals surface area contributed by atoms with E-state index in [1.165, 1.54) is 11.3 Å². The predicted molar refractivity (Wildman–Crippen MR) is 88.3 cm³/mol. The zero-order chi connectivity index (χ0) is 16.2. The topological polar surface area (TPSA) is 80.9 Å². The molecule has 7 heteroatoms. The number of nitrogens with zero attached hydrogens (tertiary/aromatic N) is 3. The number of hydrogen-bond donors (Lipinski definition) is 1. The van der Waals surface area contributed by atoms with Gasteiger partial charge in [0.1, 0.15) is 0 Å². The molecule has 0 aliphatic rings. The minimum Gasteiger partial charge on any atom is -0.339 e. The lowest BCUT2D eigenvalue weighted by Gasteiger charge is -1.99. The van der Waals surface area contributed by atoms with Crippen LogP contribution in [0.5, 0.6) is 0 Å². The fraction of sp³-hybridized carbons (Fsp3) is 0.250. The Hall–Kier alpha value is -2.54. The van der Waals surface area contributed by atoms with Crippen LogP contribution in [0.25, 0.3) is 10.4 Å². The Bertz CT molecular complexity index is 811. The Kier molecular flexibility index (Phi) is 4.47. The van der Waals surface area contributed by atoms with E-state index in [4.69, 9.17) is 4.52 Å². The molecule has 3 rings (SSSR count). The highest BCUT2D eigenvalue weighted by Gasteiger charge is 2.13. The highest BCUT2D eigenvalue weighted by molar-refractivity contribution is 7.19. The number of nitrogens with one attached hydrogen (secondary N) is 1. The summed E-state index contributed by atoms with van der Waals surface area (Å²) in [6.45, 7) is 3.69. The van der Waals surface area contributed by atoms with Crippen LogP contribution in [0.1, 0.15) is 23.8 Å². The first kappa shape index (κ1) is 15.4. The smallest absolute Gasteiger partial charge is 0.227 e. The Labute approximate surface area is 137 Å². The second kappa shape index (κ2) is 6.70. The van der Waals surface area contributed by atoms with Gasteiger partial charge in [0.2, 0.25) is 11.8 Å². The van der Waals surface area contributed by atoms with Crippen molar-refractivity contribution >= 4 is 22.4 Å². The van der Waals surface area contributed by atoms with E-state index in [0.29, 0.717) is 23.3 Å². The summed E-state index contributed by atoms with van der Waals surface area (Å²) in [5.41, 5.74) is 2.01. The molecular formula is C16H16N4O2S. The van der Waals surface area contributed by atoms with Gasteiger partial charge in [-0.2, -0.15) is 4.98 Å². The zero-order valence-corrected chi connectivity index (χ0v) is 13.7. The van der Waals surface area contributed by atoms with Crippen molar-refractivity contribution in [2.75, 3.05) is 5.32 Å². The number of carbonyl (C=O) groups excluding carboxylic acids is 1. The Morgan fingerprint density at radius 1 is 1.22 bits per heavy atom. The second-order valence-corrected chi connectivity index (χ2v) is 6.08. The van der Waals surface area contributed by atoms with Crippen LogP contribution in [0.15, 0.2) is 34.9 Å². The van der Waals surface area contributed by atoms with Crippen LogP contribution >= 0.6 is 11.3 Å². The first-order chi connectivity index (χ1) is 11.1. The molecule has 0 radical (unpaired) electrons. The van der Waals surface area contributed by atoms with Crippen molar-refractivity contribution in [2.24, 2.45) is 0 Å². The number of carbonyl (C=O) groups is 1. The lowest BCUT2D eigenvalue weighted by molar-refractivity contribution is -0.116. The second-order valence-electron chi connectivity index (χ2n) is 5.08. The van der Waals surface area contributed by atoms with E-state index in [0.717, 1.165) is 16.1 Å². The quantitative estimate of drug-likeness (QED) is 0.776. The molecule has 0 unspecified atom stereocenters. The lowest BCUT2D eigenvalue weighted by Crippen LogP contribution is -2.12. The minimum atomic E-state index is -0.116. The fourth-order valence-corrected chi connectivity index (χ4v) is 3.14. The number of benzene rings is 1. The van der Waals surface area contributed by atoms with E-state index in [-0.39, 0.29) is 12.3 Å². The fourth-order valence-electron chi connectivity index (χ4n) is 2.15. The van der Waals surface area contributed by atoms with Crippen molar-refractivity contribution in [3.63, 3.8) is 0 Å². The van der Waals surface area contributed by atoms with Crippen molar-refractivity contribution in [1.29, 1.82) is 0 Å². The molecule has 0 saturated heterocycles. The molecule has 0 spiro atoms. The molecule has 0 atom stereocenters. The minimum absolute atomic E-state index is 0.116. The van der Waals surface area contributed by atoms with Crippen molar-refractivity contribution in [3.05, 3.63) is 47.7 Å². The summed E-state index contributed by atoms with van der Waals surface area (Å²) < 4.78 is 4.99. The SMILES string of the molecule is Cc1noc(CCC(=O)Nc2nc(C)c(-c3ccccc3)s2)n1. The number of anilines is 1. The number of aromatic nitrogens is 3. The highest BCUT2D eigenvalue weighted by Crippen LogP contribution is 2.32. The molecule has 3 aromatic rings. The molecule has 2 aromatic heterocycles. The monoisotopic (exact) mass is 328 g/mol. The van der Waals surface area contributed by atoms with Crippen LogP contribution in [0.4, 0.5) is 5.13 Å². The third kappa shape index (κ3) is 3.81. The van der Waals surface area contributed by atoms with Crippen molar-refractivity contribution in [3.8, 4) is 10.4 Å². The third-order valence-electron chi connectivity index (χ3n) is 3.21. The van der Waals surface area contributed by atoms with Crippen LogP contribution in [-0.2, 0) is 11.2 Å². The summed E-state index contributed by atoms with van der Waals surface area (Å²) >= 11 is 1.47. The average Bonchev–Trinajstić information content (AvgIpc) is 3.12. The van der Waals surface area contributed by atoms with E-state index in [1.807, 2.05) is 37.3 Å². The van der Waals surface area contributed by atoms with Gasteiger partial charge in [0.15, 0.2) is 11.0 Å². The molecule has 0 aliphatic heterocycles. The normalized spacial score (nSPS) is 10.7. The summed E-state index contributed by atoms with van der Waals surface area (Å²) in [5.74, 6) is 0.926. The Morgan fingerprint density at radius 3 is 2.70 bits per heavy atom. The predicted octanol–water partition coefficient (Wildman–Crippen LogP) is 3.38. The van der Waals surface area contributed by atoms with E-state index in [9.17, 15) is 4.79 Å². The molecular weight excluding hydrogens is 312 g/mol. The van der Waals surface area contributed by atoms with Crippen molar-refractivity contribution in [2.45, 2.75) is 26.7 Å². The van der Waals surface area contributed by atoms with Gasteiger partial charge in [-0.3, -0.25) is 4.79 Å². The Morgan fingerprint density at radius 2 is 2.00 bits per heavy atom. The molecule has 0 fully saturated rings. The molecule has 2 heterocycles. The van der Waals surface area contributed by atoms with Gasteiger partial charge in [-0.1, -0.05) is 46.8 Å². The van der Waals surface area contributed by atoms with E-state index in [2.05, 4.69) is 20.4 Å². The van der Waals surface area contributed by atoms with Gasteiger partial charge in [0.05, 0.1) is 10.6 Å². The van der Waals surface area contributed by atoms with Gasteiger partial charge >= 0.3 is 0 Å². The van der Waals surface area contributed by atoms with E-state index in [1.54, 1.807) is 6.92 Å². The van der Waals surface area contributed by atoms with Crippen molar-refractivity contribution < 1.29 is 9.32 Å². The molecule has 0 bridgehead atoms. The first-order valence-electron chi connectivity index (χ1n) is 7.23.